The van der Waals surface area contributed by atoms with Crippen molar-refractivity contribution in [3.05, 3.63) is 30.0 Å². The van der Waals surface area contributed by atoms with Gasteiger partial charge in [-0.15, -0.1) is 0 Å². The van der Waals surface area contributed by atoms with Crippen molar-refractivity contribution in [3.63, 3.8) is 0 Å². The van der Waals surface area contributed by atoms with Gasteiger partial charge < -0.3 is 15.4 Å². The van der Waals surface area contributed by atoms with Crippen LogP contribution < -0.4 is 15.4 Å². The van der Waals surface area contributed by atoms with Crippen LogP contribution in [0.5, 0.6) is 5.75 Å². The van der Waals surface area contributed by atoms with Gasteiger partial charge in [0.1, 0.15) is 11.4 Å². The summed E-state index contributed by atoms with van der Waals surface area (Å²) in [4.78, 5) is 11.9. The lowest BCUT2D eigenvalue weighted by Crippen LogP contribution is -2.34. The molecule has 0 saturated heterocycles. The topological polar surface area (TPSA) is 79.0 Å². The number of benzene rings is 1. The highest BCUT2D eigenvalue weighted by atomic mass is 16.5. The van der Waals surface area contributed by atoms with E-state index in [2.05, 4.69) is 20.8 Å². The molecule has 21 heavy (non-hydrogen) atoms. The summed E-state index contributed by atoms with van der Waals surface area (Å²) in [6, 6.07) is 7.36. The molecule has 0 saturated carbocycles. The van der Waals surface area contributed by atoms with E-state index in [0.29, 0.717) is 11.4 Å². The molecule has 1 heterocycles. The molecule has 0 aliphatic carbocycles. The summed E-state index contributed by atoms with van der Waals surface area (Å²) in [7, 11) is 1.62. The summed E-state index contributed by atoms with van der Waals surface area (Å²) in [5.41, 5.74) is 3.02. The molecule has 0 atom stereocenters. The lowest BCUT2D eigenvalue weighted by Gasteiger charge is -2.11. The largest absolute Gasteiger partial charge is 0.497 e. The number of hydrogen-bond donors (Lipinski definition) is 3. The van der Waals surface area contributed by atoms with E-state index in [-0.39, 0.29) is 12.1 Å². The van der Waals surface area contributed by atoms with Crippen molar-refractivity contribution in [2.75, 3.05) is 12.4 Å². The van der Waals surface area contributed by atoms with Gasteiger partial charge >= 0.3 is 6.03 Å². The molecule has 2 rings (SSSR count). The van der Waals surface area contributed by atoms with Gasteiger partial charge in [-0.3, -0.25) is 5.10 Å². The Morgan fingerprint density at radius 1 is 1.38 bits per heavy atom. The van der Waals surface area contributed by atoms with Crippen LogP contribution in [0.1, 0.15) is 19.5 Å². The zero-order valence-electron chi connectivity index (χ0n) is 12.7. The SMILES string of the molecule is COc1cccc(-c2n[nH]c(C)c2NC(=O)NC(C)C)c1. The number of anilines is 1. The molecule has 0 bridgehead atoms. The molecule has 1 aromatic heterocycles. The number of carbonyl (C=O) groups excluding carboxylic acids is 1. The molecular formula is C15H20N4O2. The Labute approximate surface area is 123 Å². The van der Waals surface area contributed by atoms with Gasteiger partial charge in [0, 0.05) is 11.6 Å². The molecule has 0 unspecified atom stereocenters. The highest BCUT2D eigenvalue weighted by Crippen LogP contribution is 2.30. The van der Waals surface area contributed by atoms with Gasteiger partial charge in [-0.05, 0) is 32.9 Å². The Bertz CT molecular complexity index is 634. The lowest BCUT2D eigenvalue weighted by atomic mass is 10.1. The molecule has 2 aromatic rings. The van der Waals surface area contributed by atoms with E-state index in [1.807, 2.05) is 45.0 Å². The van der Waals surface area contributed by atoms with Crippen LogP contribution in [0.3, 0.4) is 0 Å². The Balaban J connectivity index is 2.31. The van der Waals surface area contributed by atoms with Crippen LogP contribution in [0, 0.1) is 6.92 Å². The summed E-state index contributed by atoms with van der Waals surface area (Å²) in [5.74, 6) is 0.741. The van der Waals surface area contributed by atoms with E-state index in [4.69, 9.17) is 4.74 Å². The normalized spacial score (nSPS) is 10.5. The molecule has 2 amide bonds. The predicted molar refractivity (Wildman–Crippen MR) is 82.6 cm³/mol. The number of nitrogens with one attached hydrogen (secondary N) is 3. The molecule has 0 aliphatic heterocycles. The van der Waals surface area contributed by atoms with Crippen molar-refractivity contribution in [2.45, 2.75) is 26.8 Å². The zero-order valence-corrected chi connectivity index (χ0v) is 12.7. The minimum Gasteiger partial charge on any atom is -0.497 e. The fourth-order valence-corrected chi connectivity index (χ4v) is 1.97. The van der Waals surface area contributed by atoms with Gasteiger partial charge in [-0.1, -0.05) is 12.1 Å². The smallest absolute Gasteiger partial charge is 0.319 e. The number of rotatable bonds is 4. The second-order valence-corrected chi connectivity index (χ2v) is 5.06. The van der Waals surface area contributed by atoms with Crippen LogP contribution in [0.2, 0.25) is 0 Å². The number of nitrogens with zero attached hydrogens (tertiary/aromatic N) is 1. The average molecular weight is 288 g/mol. The first-order chi connectivity index (χ1) is 10.0. The maximum Gasteiger partial charge on any atom is 0.319 e. The Morgan fingerprint density at radius 2 is 2.14 bits per heavy atom. The maximum atomic E-state index is 11.9. The van der Waals surface area contributed by atoms with Gasteiger partial charge in [0.2, 0.25) is 0 Å². The van der Waals surface area contributed by atoms with Gasteiger partial charge in [0.15, 0.2) is 0 Å². The minimum absolute atomic E-state index is 0.0671. The monoisotopic (exact) mass is 288 g/mol. The van der Waals surface area contributed by atoms with Crippen molar-refractivity contribution in [3.8, 4) is 17.0 Å². The molecule has 1 aromatic carbocycles. The van der Waals surface area contributed by atoms with E-state index in [1.54, 1.807) is 7.11 Å². The summed E-state index contributed by atoms with van der Waals surface area (Å²) < 4.78 is 5.22. The predicted octanol–water partition coefficient (Wildman–Crippen LogP) is 2.92. The molecule has 3 N–H and O–H groups in total. The number of hydrogen-bond acceptors (Lipinski definition) is 3. The van der Waals surface area contributed by atoms with E-state index in [1.165, 1.54) is 0 Å². The number of aromatic nitrogens is 2. The second-order valence-electron chi connectivity index (χ2n) is 5.06. The third-order valence-corrected chi connectivity index (χ3v) is 2.95. The zero-order chi connectivity index (χ0) is 15.4. The quantitative estimate of drug-likeness (QED) is 0.809. The fraction of sp³-hybridized carbons (Fsp3) is 0.333. The van der Waals surface area contributed by atoms with Crippen molar-refractivity contribution < 1.29 is 9.53 Å². The number of amides is 2. The van der Waals surface area contributed by atoms with Crippen molar-refractivity contribution >= 4 is 11.7 Å². The number of aryl methyl sites for hydroxylation is 1. The summed E-state index contributed by atoms with van der Waals surface area (Å²) in [6.07, 6.45) is 0. The molecule has 112 valence electrons. The summed E-state index contributed by atoms with van der Waals surface area (Å²) >= 11 is 0. The number of carbonyl (C=O) groups is 1. The first kappa shape index (κ1) is 14.9. The number of ether oxygens (including phenoxy) is 1. The van der Waals surface area contributed by atoms with Crippen molar-refractivity contribution in [2.24, 2.45) is 0 Å². The summed E-state index contributed by atoms with van der Waals surface area (Å²) in [6.45, 7) is 5.68. The first-order valence-corrected chi connectivity index (χ1v) is 6.78. The molecular weight excluding hydrogens is 268 g/mol. The van der Waals surface area contributed by atoms with Gasteiger partial charge in [-0.25, -0.2) is 4.79 Å². The number of aromatic amines is 1. The third kappa shape index (κ3) is 3.53. The highest BCUT2D eigenvalue weighted by Gasteiger charge is 2.15. The molecule has 6 heteroatoms. The minimum atomic E-state index is -0.251. The molecule has 0 fully saturated rings. The van der Waals surface area contributed by atoms with Crippen LogP contribution in [-0.4, -0.2) is 29.4 Å². The lowest BCUT2D eigenvalue weighted by molar-refractivity contribution is 0.250. The maximum absolute atomic E-state index is 11.9. The number of methoxy groups -OCH3 is 1. The van der Waals surface area contributed by atoms with E-state index < -0.39 is 0 Å². The van der Waals surface area contributed by atoms with Crippen LogP contribution >= 0.6 is 0 Å². The molecule has 6 nitrogen and oxygen atoms in total. The molecule has 0 radical (unpaired) electrons. The van der Waals surface area contributed by atoms with Gasteiger partial charge in [0.25, 0.3) is 0 Å². The van der Waals surface area contributed by atoms with Crippen LogP contribution in [0.4, 0.5) is 10.5 Å². The van der Waals surface area contributed by atoms with Crippen LogP contribution in [0.15, 0.2) is 24.3 Å². The highest BCUT2D eigenvalue weighted by molar-refractivity contribution is 5.94. The Morgan fingerprint density at radius 3 is 2.81 bits per heavy atom. The molecule has 0 spiro atoms. The second kappa shape index (κ2) is 6.30. The standard InChI is InChI=1S/C15H20N4O2/c1-9(2)16-15(20)17-13-10(3)18-19-14(13)11-6-5-7-12(8-11)21-4/h5-9H,1-4H3,(H,18,19)(H2,16,17,20). The Hall–Kier alpha value is -2.50. The average Bonchev–Trinajstić information content (AvgIpc) is 2.79. The first-order valence-electron chi connectivity index (χ1n) is 6.78. The van der Waals surface area contributed by atoms with Crippen molar-refractivity contribution in [1.82, 2.24) is 15.5 Å². The van der Waals surface area contributed by atoms with Gasteiger partial charge in [0.05, 0.1) is 18.5 Å². The number of H-pyrrole nitrogens is 1. The third-order valence-electron chi connectivity index (χ3n) is 2.95. The van der Waals surface area contributed by atoms with Gasteiger partial charge in [-0.2, -0.15) is 5.10 Å². The van der Waals surface area contributed by atoms with E-state index in [0.717, 1.165) is 17.0 Å². The van der Waals surface area contributed by atoms with E-state index >= 15 is 0 Å². The fourth-order valence-electron chi connectivity index (χ4n) is 1.97. The molecule has 0 aliphatic rings. The Kier molecular flexibility index (Phi) is 4.47. The van der Waals surface area contributed by atoms with Crippen LogP contribution in [-0.2, 0) is 0 Å². The van der Waals surface area contributed by atoms with Crippen LogP contribution in [0.25, 0.3) is 11.3 Å². The van der Waals surface area contributed by atoms with E-state index in [9.17, 15) is 4.79 Å². The van der Waals surface area contributed by atoms with Crippen molar-refractivity contribution in [1.29, 1.82) is 0 Å². The number of urea groups is 1. The summed E-state index contributed by atoms with van der Waals surface area (Å²) in [5, 5.41) is 12.8.